The van der Waals surface area contributed by atoms with Gasteiger partial charge in [-0.05, 0) is 24.3 Å². The molecule has 2 heterocycles. The number of nitrogens with zero attached hydrogens (tertiary/aromatic N) is 2. The van der Waals surface area contributed by atoms with Gasteiger partial charge in [0, 0.05) is 17.3 Å². The molecule has 140 valence electrons. The summed E-state index contributed by atoms with van der Waals surface area (Å²) in [6.45, 7) is 0.0604. The lowest BCUT2D eigenvalue weighted by Crippen LogP contribution is -2.24. The van der Waals surface area contributed by atoms with Crippen molar-refractivity contribution in [3.8, 4) is 22.8 Å². The molecule has 1 N–H and O–H groups in total. The largest absolute Gasteiger partial charge is 0.435 e. The molecule has 0 fully saturated rings. The second-order valence-corrected chi connectivity index (χ2v) is 7.71. The highest BCUT2D eigenvalue weighted by Gasteiger charge is 2.27. The van der Waals surface area contributed by atoms with E-state index in [1.165, 1.54) is 0 Å². The zero-order valence-corrected chi connectivity index (χ0v) is 15.6. The molecule has 6 nitrogen and oxygen atoms in total. The number of aromatic nitrogens is 2. The summed E-state index contributed by atoms with van der Waals surface area (Å²) in [5.41, 5.74) is 1.94. The highest BCUT2D eigenvalue weighted by Crippen LogP contribution is 2.32. The zero-order valence-electron chi connectivity index (χ0n) is 14.8. The molecule has 4 aromatic rings. The van der Waals surface area contributed by atoms with E-state index >= 15 is 0 Å². The maximum atomic E-state index is 13.0. The summed E-state index contributed by atoms with van der Waals surface area (Å²) in [7, 11) is -3.92. The molecule has 2 aromatic heterocycles. The van der Waals surface area contributed by atoms with Crippen LogP contribution in [0.1, 0.15) is 5.69 Å². The Morgan fingerprint density at radius 3 is 2.11 bits per heavy atom. The van der Waals surface area contributed by atoms with Crippen molar-refractivity contribution in [1.29, 1.82) is 0 Å². The fourth-order valence-electron chi connectivity index (χ4n) is 2.70. The lowest BCUT2D eigenvalue weighted by Gasteiger charge is -2.05. The summed E-state index contributed by atoms with van der Waals surface area (Å²) in [6, 6.07) is 23.6. The lowest BCUT2D eigenvalue weighted by atomic mass is 10.2. The molecule has 0 atom stereocenters. The van der Waals surface area contributed by atoms with E-state index in [0.29, 0.717) is 16.8 Å². The number of sulfonamides is 1. The quantitative estimate of drug-likeness (QED) is 0.539. The van der Waals surface area contributed by atoms with E-state index < -0.39 is 10.0 Å². The molecule has 0 bridgehead atoms. The predicted molar refractivity (Wildman–Crippen MR) is 106 cm³/mol. The lowest BCUT2D eigenvalue weighted by molar-refractivity contribution is 0.571. The summed E-state index contributed by atoms with van der Waals surface area (Å²) in [5.74, 6) is 0.450. The molecule has 0 spiro atoms. The van der Waals surface area contributed by atoms with Crippen molar-refractivity contribution < 1.29 is 12.8 Å². The number of oxazole rings is 1. The standard InChI is InChI=1S/C21H17N3O3S/c25-28(26,23-15-18-13-7-8-14-22-18)21-19(16-9-3-1-4-10-16)27-20(24-21)17-11-5-2-6-12-17/h1-14,23H,15H2. The third-order valence-electron chi connectivity index (χ3n) is 4.08. The fourth-order valence-corrected chi connectivity index (χ4v) is 3.79. The first-order valence-corrected chi connectivity index (χ1v) is 10.1. The molecule has 0 aliphatic rings. The van der Waals surface area contributed by atoms with Gasteiger partial charge in [0.05, 0.1) is 12.2 Å². The third kappa shape index (κ3) is 3.85. The average Bonchev–Trinajstić information content (AvgIpc) is 3.21. The molecule has 4 rings (SSSR count). The van der Waals surface area contributed by atoms with Crippen LogP contribution in [0, 0.1) is 0 Å². The van der Waals surface area contributed by atoms with E-state index in [1.54, 1.807) is 36.5 Å². The molecular formula is C21H17N3O3S. The predicted octanol–water partition coefficient (Wildman–Crippen LogP) is 3.88. The van der Waals surface area contributed by atoms with Crippen molar-refractivity contribution in [3.63, 3.8) is 0 Å². The number of benzene rings is 2. The summed E-state index contributed by atoms with van der Waals surface area (Å²) in [6.07, 6.45) is 1.61. The maximum Gasteiger partial charge on any atom is 0.262 e. The molecule has 28 heavy (non-hydrogen) atoms. The van der Waals surface area contributed by atoms with Gasteiger partial charge in [-0.3, -0.25) is 4.98 Å². The van der Waals surface area contributed by atoms with Crippen LogP contribution in [0.4, 0.5) is 0 Å². The van der Waals surface area contributed by atoms with Crippen molar-refractivity contribution in [2.75, 3.05) is 0 Å². The number of pyridine rings is 1. The average molecular weight is 391 g/mol. The first kappa shape index (κ1) is 18.1. The molecule has 0 saturated heterocycles. The van der Waals surface area contributed by atoms with Crippen LogP contribution in [0.2, 0.25) is 0 Å². The minimum Gasteiger partial charge on any atom is -0.435 e. The van der Waals surface area contributed by atoms with E-state index in [1.807, 2.05) is 48.5 Å². The molecule has 0 saturated carbocycles. The molecule has 0 amide bonds. The molecule has 7 heteroatoms. The van der Waals surface area contributed by atoms with Crippen molar-refractivity contribution in [3.05, 3.63) is 90.8 Å². The van der Waals surface area contributed by atoms with Crippen LogP contribution in [0.3, 0.4) is 0 Å². The van der Waals surface area contributed by atoms with Crippen LogP contribution < -0.4 is 4.72 Å². The number of hydrogen-bond donors (Lipinski definition) is 1. The van der Waals surface area contributed by atoms with Gasteiger partial charge in [-0.25, -0.2) is 13.1 Å². The van der Waals surface area contributed by atoms with Crippen molar-refractivity contribution in [2.45, 2.75) is 11.6 Å². The molecule has 2 aromatic carbocycles. The topological polar surface area (TPSA) is 85.1 Å². The second kappa shape index (κ2) is 7.75. The Kier molecular flexibility index (Phi) is 5.01. The van der Waals surface area contributed by atoms with E-state index in [0.717, 1.165) is 0 Å². The van der Waals surface area contributed by atoms with Gasteiger partial charge >= 0.3 is 0 Å². The van der Waals surface area contributed by atoms with E-state index in [9.17, 15) is 8.42 Å². The Morgan fingerprint density at radius 2 is 1.46 bits per heavy atom. The molecule has 0 radical (unpaired) electrons. The molecule has 0 aliphatic carbocycles. The fraction of sp³-hybridized carbons (Fsp3) is 0.0476. The van der Waals surface area contributed by atoms with Crippen LogP contribution in [0.5, 0.6) is 0 Å². The molecule has 0 aliphatic heterocycles. The monoisotopic (exact) mass is 391 g/mol. The Labute approximate surface area is 163 Å². The van der Waals surface area contributed by atoms with E-state index in [4.69, 9.17) is 4.42 Å². The van der Waals surface area contributed by atoms with Crippen molar-refractivity contribution in [2.24, 2.45) is 0 Å². The van der Waals surface area contributed by atoms with Crippen LogP contribution in [-0.2, 0) is 16.6 Å². The zero-order chi connectivity index (χ0) is 19.4. The van der Waals surface area contributed by atoms with Crippen molar-refractivity contribution >= 4 is 10.0 Å². The van der Waals surface area contributed by atoms with E-state index in [-0.39, 0.29) is 23.2 Å². The van der Waals surface area contributed by atoms with Gasteiger partial charge in [-0.15, -0.1) is 0 Å². The van der Waals surface area contributed by atoms with Crippen molar-refractivity contribution in [1.82, 2.24) is 14.7 Å². The van der Waals surface area contributed by atoms with Gasteiger partial charge in [0.25, 0.3) is 10.0 Å². The summed E-state index contributed by atoms with van der Waals surface area (Å²) < 4.78 is 34.4. The smallest absolute Gasteiger partial charge is 0.262 e. The number of rotatable bonds is 6. The van der Waals surface area contributed by atoms with Gasteiger partial charge in [0.2, 0.25) is 10.9 Å². The highest BCUT2D eigenvalue weighted by atomic mass is 32.2. The molecular weight excluding hydrogens is 374 g/mol. The minimum atomic E-state index is -3.92. The molecule has 0 unspecified atom stereocenters. The Hall–Kier alpha value is -3.29. The van der Waals surface area contributed by atoms with Crippen LogP contribution in [-0.4, -0.2) is 18.4 Å². The van der Waals surface area contributed by atoms with Crippen LogP contribution in [0.25, 0.3) is 22.8 Å². The number of nitrogens with one attached hydrogen (secondary N) is 1. The van der Waals surface area contributed by atoms with E-state index in [2.05, 4.69) is 14.7 Å². The second-order valence-electron chi connectivity index (χ2n) is 6.03. The van der Waals surface area contributed by atoms with Gasteiger partial charge in [0.1, 0.15) is 0 Å². The normalized spacial score (nSPS) is 11.4. The minimum absolute atomic E-state index is 0.0604. The highest BCUT2D eigenvalue weighted by molar-refractivity contribution is 7.89. The first-order valence-electron chi connectivity index (χ1n) is 8.65. The third-order valence-corrected chi connectivity index (χ3v) is 5.39. The van der Waals surface area contributed by atoms with Gasteiger partial charge in [-0.1, -0.05) is 54.6 Å². The number of hydrogen-bond acceptors (Lipinski definition) is 5. The summed E-state index contributed by atoms with van der Waals surface area (Å²) in [4.78, 5) is 8.44. The van der Waals surface area contributed by atoms with Gasteiger partial charge in [0.15, 0.2) is 5.76 Å². The maximum absolute atomic E-state index is 13.0. The van der Waals surface area contributed by atoms with Crippen LogP contribution >= 0.6 is 0 Å². The first-order chi connectivity index (χ1) is 13.6. The summed E-state index contributed by atoms with van der Waals surface area (Å²) >= 11 is 0. The SMILES string of the molecule is O=S(=O)(NCc1ccccn1)c1nc(-c2ccccc2)oc1-c1ccccc1. The Balaban J connectivity index is 1.75. The van der Waals surface area contributed by atoms with Gasteiger partial charge in [-0.2, -0.15) is 4.98 Å². The van der Waals surface area contributed by atoms with Gasteiger partial charge < -0.3 is 4.42 Å². The summed E-state index contributed by atoms with van der Waals surface area (Å²) in [5, 5.41) is -0.145. The van der Waals surface area contributed by atoms with Crippen LogP contribution in [0.15, 0.2) is 94.5 Å². The Morgan fingerprint density at radius 1 is 0.821 bits per heavy atom. The Bertz CT molecular complexity index is 1160.